The molecule has 0 heterocycles. The summed E-state index contributed by atoms with van der Waals surface area (Å²) in [6, 6.07) is 15.8. The normalized spacial score (nSPS) is 11.4. The van der Waals surface area contributed by atoms with Gasteiger partial charge in [0.1, 0.15) is 0 Å². The fraction of sp³-hybridized carbons (Fsp3) is 0.464. The summed E-state index contributed by atoms with van der Waals surface area (Å²) in [5.41, 5.74) is 1.59. The lowest BCUT2D eigenvalue weighted by molar-refractivity contribution is -0.385. The highest BCUT2D eigenvalue weighted by atomic mass is 16.6. The third-order valence-corrected chi connectivity index (χ3v) is 5.83. The number of nitro benzene ring substituents is 1. The Labute approximate surface area is 198 Å². The van der Waals surface area contributed by atoms with Gasteiger partial charge in [-0.05, 0) is 24.1 Å². The highest BCUT2D eigenvalue weighted by molar-refractivity contribution is 6.24. The van der Waals surface area contributed by atoms with Crippen LogP contribution in [0, 0.1) is 10.1 Å². The van der Waals surface area contributed by atoms with Gasteiger partial charge in [0.25, 0.3) is 11.6 Å². The number of nitrogens with zero attached hydrogens (tertiary/aromatic N) is 1. The Morgan fingerprint density at radius 3 is 1.97 bits per heavy atom. The Bertz CT molecular complexity index is 878. The molecule has 0 bridgehead atoms. The average molecular weight is 451 g/mol. The smallest absolute Gasteiger partial charge is 0.276 e. The monoisotopic (exact) mass is 450 g/mol. The first-order valence-electron chi connectivity index (χ1n) is 12.4. The number of hydrogen-bond acceptors (Lipinski definition) is 3. The van der Waals surface area contributed by atoms with E-state index in [4.69, 9.17) is 0 Å². The zero-order valence-electron chi connectivity index (χ0n) is 19.9. The van der Waals surface area contributed by atoms with Gasteiger partial charge in [-0.15, -0.1) is 0 Å². The summed E-state index contributed by atoms with van der Waals surface area (Å²) in [7, 11) is 0. The molecule has 0 aliphatic carbocycles. The third kappa shape index (κ3) is 10.0. The molecule has 0 aliphatic rings. The molecule has 5 nitrogen and oxygen atoms in total. The summed E-state index contributed by atoms with van der Waals surface area (Å²) < 4.78 is 0. The number of para-hydroxylation sites is 1. The maximum atomic E-state index is 13.0. The Hall–Kier alpha value is -2.95. The Kier molecular flexibility index (Phi) is 12.6. The van der Waals surface area contributed by atoms with Crippen molar-refractivity contribution < 1.29 is 9.72 Å². The zero-order chi connectivity index (χ0) is 23.7. The van der Waals surface area contributed by atoms with E-state index >= 15 is 0 Å². The molecule has 2 rings (SSSR count). The number of rotatable bonds is 16. The molecule has 33 heavy (non-hydrogen) atoms. The predicted octanol–water partition coefficient (Wildman–Crippen LogP) is 7.56. The lowest BCUT2D eigenvalue weighted by Crippen LogP contribution is -2.25. The summed E-state index contributed by atoms with van der Waals surface area (Å²) in [4.78, 5) is 23.9. The van der Waals surface area contributed by atoms with E-state index in [1.165, 1.54) is 63.9 Å². The number of carbonyl (C=O) groups excluding carboxylic acids is 1. The highest BCUT2D eigenvalue weighted by Gasteiger charge is 2.16. The first-order chi connectivity index (χ1) is 16.1. The number of carbonyl (C=O) groups is 1. The van der Waals surface area contributed by atoms with E-state index < -0.39 is 4.92 Å². The molecule has 1 N–H and O–H groups in total. The lowest BCUT2D eigenvalue weighted by atomic mass is 10.0. The van der Waals surface area contributed by atoms with Crippen molar-refractivity contribution >= 4 is 23.2 Å². The molecule has 178 valence electrons. The van der Waals surface area contributed by atoms with E-state index in [1.54, 1.807) is 24.3 Å². The van der Waals surface area contributed by atoms with Crippen molar-refractivity contribution in [3.8, 4) is 0 Å². The predicted molar refractivity (Wildman–Crippen MR) is 137 cm³/mol. The molecule has 0 spiro atoms. The van der Waals surface area contributed by atoms with Gasteiger partial charge in [-0.3, -0.25) is 14.9 Å². The minimum absolute atomic E-state index is 0.0101. The first kappa shape index (κ1) is 26.3. The van der Waals surface area contributed by atoms with Crippen LogP contribution in [0.15, 0.2) is 54.6 Å². The second kappa shape index (κ2) is 15.8. The summed E-state index contributed by atoms with van der Waals surface area (Å²) in [6.45, 7) is 2.85. The van der Waals surface area contributed by atoms with Crippen LogP contribution in [0.2, 0.25) is 0 Å². The SMILES string of the molecule is CCCCCCCCCCCCCNC(=O)C(=Cc1ccccc1[N+](=O)[O-])c1ccccc1. The second-order valence-corrected chi connectivity index (χ2v) is 8.53. The molecule has 0 atom stereocenters. The standard InChI is InChI=1S/C28H38N2O3/c1-2-3-4-5-6-7-8-9-10-11-17-22-29-28(31)26(24-18-13-12-14-19-24)23-25-20-15-16-21-27(25)30(32)33/h12-16,18-21,23H,2-11,17,22H2,1H3,(H,29,31). The molecule has 0 fully saturated rings. The third-order valence-electron chi connectivity index (χ3n) is 5.83. The molecule has 1 amide bonds. The summed E-state index contributed by atoms with van der Waals surface area (Å²) in [5, 5.41) is 14.4. The van der Waals surface area contributed by atoms with E-state index in [0.29, 0.717) is 17.7 Å². The molecule has 5 heteroatoms. The van der Waals surface area contributed by atoms with E-state index in [0.717, 1.165) is 18.4 Å². The van der Waals surface area contributed by atoms with E-state index in [9.17, 15) is 14.9 Å². The van der Waals surface area contributed by atoms with Gasteiger partial charge in [0.15, 0.2) is 0 Å². The van der Waals surface area contributed by atoms with Crippen molar-refractivity contribution in [3.05, 3.63) is 75.8 Å². The van der Waals surface area contributed by atoms with Gasteiger partial charge in [-0.1, -0.05) is 114 Å². The van der Waals surface area contributed by atoms with Gasteiger partial charge in [0, 0.05) is 18.2 Å². The lowest BCUT2D eigenvalue weighted by Gasteiger charge is -2.10. The minimum atomic E-state index is -0.419. The van der Waals surface area contributed by atoms with Gasteiger partial charge < -0.3 is 5.32 Å². The Balaban J connectivity index is 1.83. The van der Waals surface area contributed by atoms with Gasteiger partial charge in [-0.2, -0.15) is 0 Å². The van der Waals surface area contributed by atoms with Crippen molar-refractivity contribution in [1.82, 2.24) is 5.32 Å². The van der Waals surface area contributed by atoms with Gasteiger partial charge in [0.05, 0.1) is 10.5 Å². The fourth-order valence-corrected chi connectivity index (χ4v) is 3.92. The summed E-state index contributed by atoms with van der Waals surface area (Å²) >= 11 is 0. The average Bonchev–Trinajstić information content (AvgIpc) is 2.83. The van der Waals surface area contributed by atoms with Crippen molar-refractivity contribution in [2.24, 2.45) is 0 Å². The number of unbranched alkanes of at least 4 members (excludes halogenated alkanes) is 10. The van der Waals surface area contributed by atoms with E-state index in [2.05, 4.69) is 12.2 Å². The Morgan fingerprint density at radius 1 is 0.818 bits per heavy atom. The Morgan fingerprint density at radius 2 is 1.36 bits per heavy atom. The van der Waals surface area contributed by atoms with Crippen LogP contribution in [0.3, 0.4) is 0 Å². The molecule has 0 saturated carbocycles. The van der Waals surface area contributed by atoms with Gasteiger partial charge >= 0.3 is 0 Å². The first-order valence-corrected chi connectivity index (χ1v) is 12.4. The molecule has 0 saturated heterocycles. The fourth-order valence-electron chi connectivity index (χ4n) is 3.92. The molecule has 0 radical (unpaired) electrons. The topological polar surface area (TPSA) is 72.2 Å². The highest BCUT2D eigenvalue weighted by Crippen LogP contribution is 2.25. The molecule has 2 aromatic rings. The summed E-state index contributed by atoms with van der Waals surface area (Å²) in [5.74, 6) is -0.202. The maximum Gasteiger partial charge on any atom is 0.276 e. The molecule has 0 aromatic heterocycles. The zero-order valence-corrected chi connectivity index (χ0v) is 19.9. The number of benzene rings is 2. The van der Waals surface area contributed by atoms with Gasteiger partial charge in [0.2, 0.25) is 0 Å². The van der Waals surface area contributed by atoms with Crippen molar-refractivity contribution in [1.29, 1.82) is 0 Å². The van der Waals surface area contributed by atoms with Crippen LogP contribution in [0.4, 0.5) is 5.69 Å². The number of nitrogens with one attached hydrogen (secondary N) is 1. The quantitative estimate of drug-likeness (QED) is 0.0942. The molecule has 0 unspecified atom stereocenters. The van der Waals surface area contributed by atoms with Gasteiger partial charge in [-0.25, -0.2) is 0 Å². The van der Waals surface area contributed by atoms with E-state index in [1.807, 2.05) is 30.3 Å². The van der Waals surface area contributed by atoms with Crippen molar-refractivity contribution in [2.45, 2.75) is 77.6 Å². The second-order valence-electron chi connectivity index (χ2n) is 8.53. The van der Waals surface area contributed by atoms with Crippen LogP contribution in [0.5, 0.6) is 0 Å². The molecule has 0 aliphatic heterocycles. The minimum Gasteiger partial charge on any atom is -0.352 e. The maximum absolute atomic E-state index is 13.0. The van der Waals surface area contributed by atoms with Crippen LogP contribution in [0.1, 0.15) is 88.7 Å². The number of amides is 1. The number of hydrogen-bond donors (Lipinski definition) is 1. The molecule has 2 aromatic carbocycles. The van der Waals surface area contributed by atoms with Crippen LogP contribution in [-0.2, 0) is 4.79 Å². The van der Waals surface area contributed by atoms with Crippen molar-refractivity contribution in [3.63, 3.8) is 0 Å². The van der Waals surface area contributed by atoms with Crippen molar-refractivity contribution in [2.75, 3.05) is 6.54 Å². The number of nitro groups is 1. The summed E-state index contributed by atoms with van der Waals surface area (Å²) in [6.07, 6.45) is 15.5. The molecular weight excluding hydrogens is 412 g/mol. The van der Waals surface area contributed by atoms with Crippen LogP contribution >= 0.6 is 0 Å². The molecular formula is C28H38N2O3. The largest absolute Gasteiger partial charge is 0.352 e. The van der Waals surface area contributed by atoms with Crippen LogP contribution in [0.25, 0.3) is 11.6 Å². The van der Waals surface area contributed by atoms with Crippen LogP contribution < -0.4 is 5.32 Å². The van der Waals surface area contributed by atoms with E-state index in [-0.39, 0.29) is 11.6 Å². The van der Waals surface area contributed by atoms with Crippen LogP contribution in [-0.4, -0.2) is 17.4 Å².